The third-order valence-electron chi connectivity index (χ3n) is 0.842. The second kappa shape index (κ2) is 3.12. The normalized spacial score (nSPS) is 8.90. The van der Waals surface area contributed by atoms with Crippen LogP contribution in [-0.2, 0) is 4.29 Å². The molecule has 0 spiro atoms. The van der Waals surface area contributed by atoms with Crippen molar-refractivity contribution in [3.63, 3.8) is 0 Å². The van der Waals surface area contributed by atoms with E-state index >= 15 is 0 Å². The zero-order chi connectivity index (χ0) is 7.40. The molecule has 0 radical (unpaired) electrons. The van der Waals surface area contributed by atoms with Crippen LogP contribution in [0.4, 0.5) is 0 Å². The molecular formula is C5H3ClN2O2. The number of nitrogens with zero attached hydrogens (tertiary/aromatic N) is 2. The molecule has 0 saturated carbocycles. The molecule has 1 heterocycles. The van der Waals surface area contributed by atoms with Gasteiger partial charge in [-0.1, -0.05) is 0 Å². The Balaban J connectivity index is 2.85. The summed E-state index contributed by atoms with van der Waals surface area (Å²) in [6.45, 7) is 0. The molecule has 0 aliphatic heterocycles. The summed E-state index contributed by atoms with van der Waals surface area (Å²) < 4.78 is 3.87. The van der Waals surface area contributed by atoms with Crippen LogP contribution < -0.4 is 0 Å². The summed E-state index contributed by atoms with van der Waals surface area (Å²) >= 11 is 4.77. The maximum atomic E-state index is 10.6. The molecule has 10 heavy (non-hydrogen) atoms. The Hall–Kier alpha value is -1.16. The van der Waals surface area contributed by atoms with Crippen molar-refractivity contribution in [1.29, 1.82) is 0 Å². The molecule has 0 amide bonds. The highest BCUT2D eigenvalue weighted by Crippen LogP contribution is 1.95. The fourth-order valence-electron chi connectivity index (χ4n) is 0.444. The molecule has 0 N–H and O–H groups in total. The smallest absolute Gasteiger partial charge is 0.342 e. The summed E-state index contributed by atoms with van der Waals surface area (Å²) in [5.74, 6) is -0.699. The predicted molar refractivity (Wildman–Crippen MR) is 33.3 cm³/mol. The number of aromatic nitrogens is 2. The standard InChI is InChI=1S/C5H3ClN2O2/c6-10-5(9)4-3-7-1-2-8-4/h1-3H. The van der Waals surface area contributed by atoms with Crippen molar-refractivity contribution < 1.29 is 9.08 Å². The summed E-state index contributed by atoms with van der Waals surface area (Å²) in [5, 5.41) is 0. The minimum absolute atomic E-state index is 0.0949. The maximum Gasteiger partial charge on any atom is 0.376 e. The van der Waals surface area contributed by atoms with Crippen LogP contribution in [0, 0.1) is 0 Å². The Morgan fingerprint density at radius 3 is 2.90 bits per heavy atom. The Morgan fingerprint density at radius 1 is 1.60 bits per heavy atom. The molecule has 1 rings (SSSR count). The monoisotopic (exact) mass is 158 g/mol. The van der Waals surface area contributed by atoms with Crippen LogP contribution in [0.5, 0.6) is 0 Å². The third kappa shape index (κ3) is 1.41. The van der Waals surface area contributed by atoms with Crippen LogP contribution in [0.25, 0.3) is 0 Å². The molecule has 0 aliphatic rings. The summed E-state index contributed by atoms with van der Waals surface area (Å²) in [7, 11) is 0. The van der Waals surface area contributed by atoms with Gasteiger partial charge in [-0.2, -0.15) is 0 Å². The zero-order valence-electron chi connectivity index (χ0n) is 4.82. The highest BCUT2D eigenvalue weighted by atomic mass is 35.5. The average molecular weight is 159 g/mol. The van der Waals surface area contributed by atoms with Crippen molar-refractivity contribution in [2.75, 3.05) is 0 Å². The fourth-order valence-corrected chi connectivity index (χ4v) is 0.523. The minimum Gasteiger partial charge on any atom is -0.342 e. The Kier molecular flexibility index (Phi) is 2.17. The molecule has 1 aromatic rings. The molecule has 0 aromatic carbocycles. The molecule has 0 saturated heterocycles. The van der Waals surface area contributed by atoms with Gasteiger partial charge in [0.05, 0.1) is 6.20 Å². The van der Waals surface area contributed by atoms with Gasteiger partial charge in [-0.25, -0.2) is 9.78 Å². The lowest BCUT2D eigenvalue weighted by Gasteiger charge is -1.90. The lowest BCUT2D eigenvalue weighted by molar-refractivity contribution is 0.0744. The van der Waals surface area contributed by atoms with E-state index in [0.717, 1.165) is 0 Å². The van der Waals surface area contributed by atoms with E-state index in [1.54, 1.807) is 0 Å². The summed E-state index contributed by atoms with van der Waals surface area (Å²) in [5.41, 5.74) is 0.0949. The van der Waals surface area contributed by atoms with Gasteiger partial charge in [-0.15, -0.1) is 0 Å². The third-order valence-corrected chi connectivity index (χ3v) is 0.983. The molecule has 5 heteroatoms. The highest BCUT2D eigenvalue weighted by Gasteiger charge is 2.05. The summed E-state index contributed by atoms with van der Waals surface area (Å²) in [4.78, 5) is 17.8. The van der Waals surface area contributed by atoms with E-state index in [-0.39, 0.29) is 5.69 Å². The van der Waals surface area contributed by atoms with Crippen molar-refractivity contribution in [2.24, 2.45) is 0 Å². The minimum atomic E-state index is -0.699. The van der Waals surface area contributed by atoms with Gasteiger partial charge in [-0.3, -0.25) is 4.98 Å². The van der Waals surface area contributed by atoms with Crippen LogP contribution in [0.15, 0.2) is 18.6 Å². The van der Waals surface area contributed by atoms with Crippen LogP contribution in [-0.4, -0.2) is 15.9 Å². The number of carbonyl (C=O) groups is 1. The molecular weight excluding hydrogens is 156 g/mol. The van der Waals surface area contributed by atoms with Gasteiger partial charge in [0, 0.05) is 12.4 Å². The van der Waals surface area contributed by atoms with Gasteiger partial charge in [0.2, 0.25) is 0 Å². The lowest BCUT2D eigenvalue weighted by atomic mass is 10.5. The van der Waals surface area contributed by atoms with E-state index < -0.39 is 5.97 Å². The number of hydrogen-bond acceptors (Lipinski definition) is 4. The van der Waals surface area contributed by atoms with Crippen molar-refractivity contribution in [3.8, 4) is 0 Å². The fraction of sp³-hybridized carbons (Fsp3) is 0. The van der Waals surface area contributed by atoms with Gasteiger partial charge in [0.1, 0.15) is 11.9 Å². The van der Waals surface area contributed by atoms with Crippen LogP contribution in [0.1, 0.15) is 10.5 Å². The van der Waals surface area contributed by atoms with Crippen molar-refractivity contribution in [2.45, 2.75) is 0 Å². The van der Waals surface area contributed by atoms with E-state index in [0.29, 0.717) is 0 Å². The molecule has 52 valence electrons. The van der Waals surface area contributed by atoms with Crippen molar-refractivity contribution in [1.82, 2.24) is 9.97 Å². The molecule has 0 fully saturated rings. The van der Waals surface area contributed by atoms with Gasteiger partial charge in [-0.05, 0) is 0 Å². The van der Waals surface area contributed by atoms with E-state index in [1.165, 1.54) is 18.6 Å². The van der Waals surface area contributed by atoms with E-state index in [4.69, 9.17) is 11.9 Å². The van der Waals surface area contributed by atoms with E-state index in [1.807, 2.05) is 0 Å². The summed E-state index contributed by atoms with van der Waals surface area (Å²) in [6.07, 6.45) is 4.10. The first kappa shape index (κ1) is 6.95. The first-order valence-electron chi connectivity index (χ1n) is 2.43. The number of rotatable bonds is 1. The second-order valence-electron chi connectivity index (χ2n) is 1.46. The summed E-state index contributed by atoms with van der Waals surface area (Å²) in [6, 6.07) is 0. The zero-order valence-corrected chi connectivity index (χ0v) is 5.58. The SMILES string of the molecule is O=C(OCl)c1cnccn1. The largest absolute Gasteiger partial charge is 0.376 e. The van der Waals surface area contributed by atoms with Gasteiger partial charge < -0.3 is 4.29 Å². The average Bonchev–Trinajstić information content (AvgIpc) is 2.05. The van der Waals surface area contributed by atoms with Crippen molar-refractivity contribution in [3.05, 3.63) is 24.3 Å². The number of carbonyl (C=O) groups excluding carboxylic acids is 1. The van der Waals surface area contributed by atoms with Gasteiger partial charge in [0.15, 0.2) is 5.69 Å². The number of hydrogen-bond donors (Lipinski definition) is 0. The highest BCUT2D eigenvalue weighted by molar-refractivity contribution is 6.15. The molecule has 0 atom stereocenters. The van der Waals surface area contributed by atoms with Crippen molar-refractivity contribution >= 4 is 17.8 Å². The predicted octanol–water partition coefficient (Wildman–Crippen LogP) is 0.787. The van der Waals surface area contributed by atoms with E-state index in [2.05, 4.69) is 14.3 Å². The Bertz CT molecular complexity index is 226. The number of halogens is 1. The maximum absolute atomic E-state index is 10.6. The topological polar surface area (TPSA) is 52.1 Å². The van der Waals surface area contributed by atoms with Gasteiger partial charge in [0.25, 0.3) is 0 Å². The molecule has 4 nitrogen and oxygen atoms in total. The first-order valence-corrected chi connectivity index (χ1v) is 2.74. The molecule has 1 aromatic heterocycles. The molecule has 0 bridgehead atoms. The molecule has 0 aliphatic carbocycles. The van der Waals surface area contributed by atoms with E-state index in [9.17, 15) is 4.79 Å². The second-order valence-corrected chi connectivity index (χ2v) is 1.61. The van der Waals surface area contributed by atoms with Crippen LogP contribution in [0.3, 0.4) is 0 Å². The first-order chi connectivity index (χ1) is 4.84. The lowest BCUT2D eigenvalue weighted by Crippen LogP contribution is -2.00. The Labute approximate surface area is 62.0 Å². The van der Waals surface area contributed by atoms with Crippen LogP contribution in [0.2, 0.25) is 0 Å². The quantitative estimate of drug-likeness (QED) is 0.606. The van der Waals surface area contributed by atoms with Crippen LogP contribution >= 0.6 is 11.9 Å². The van der Waals surface area contributed by atoms with Gasteiger partial charge >= 0.3 is 5.97 Å². The molecule has 0 unspecified atom stereocenters. The Morgan fingerprint density at radius 2 is 2.40 bits per heavy atom.